The number of aliphatic imine (C=N–C) groups is 1. The third-order valence-electron chi connectivity index (χ3n) is 5.46. The van der Waals surface area contributed by atoms with Gasteiger partial charge < -0.3 is 24.4 Å². The van der Waals surface area contributed by atoms with Crippen LogP contribution in [0, 0.1) is 5.92 Å². The second-order valence-electron chi connectivity index (χ2n) is 7.64. The van der Waals surface area contributed by atoms with E-state index in [1.165, 1.54) is 0 Å². The third kappa shape index (κ3) is 7.86. The smallest absolute Gasteiger partial charge is 0.194 e. The molecule has 7 nitrogen and oxygen atoms in total. The summed E-state index contributed by atoms with van der Waals surface area (Å²) < 4.78 is 16.8. The highest BCUT2D eigenvalue weighted by molar-refractivity contribution is 14.0. The van der Waals surface area contributed by atoms with Gasteiger partial charge in [-0.3, -0.25) is 4.90 Å². The molecule has 1 unspecified atom stereocenters. The van der Waals surface area contributed by atoms with Gasteiger partial charge in [0.05, 0.1) is 26.4 Å². The number of ether oxygens (including phenoxy) is 3. The lowest BCUT2D eigenvalue weighted by atomic mass is 10.1. The number of guanidine groups is 1. The van der Waals surface area contributed by atoms with E-state index in [-0.39, 0.29) is 24.0 Å². The summed E-state index contributed by atoms with van der Waals surface area (Å²) in [5.74, 6) is 2.49. The first-order valence-electron chi connectivity index (χ1n) is 10.8. The number of para-hydroxylation sites is 1. The first-order chi connectivity index (χ1) is 14.3. The fourth-order valence-corrected chi connectivity index (χ4v) is 3.87. The summed E-state index contributed by atoms with van der Waals surface area (Å²) in [6, 6.07) is 8.23. The quantitative estimate of drug-likeness (QED) is 0.300. The molecule has 1 aromatic rings. The summed E-state index contributed by atoms with van der Waals surface area (Å²) in [7, 11) is 1.78. The number of benzene rings is 1. The van der Waals surface area contributed by atoms with Crippen molar-refractivity contribution in [3.63, 3.8) is 0 Å². The summed E-state index contributed by atoms with van der Waals surface area (Å²) in [4.78, 5) is 9.63. The average molecular weight is 532 g/mol. The molecule has 2 heterocycles. The van der Waals surface area contributed by atoms with E-state index in [4.69, 9.17) is 19.2 Å². The molecule has 1 N–H and O–H groups in total. The van der Waals surface area contributed by atoms with Crippen molar-refractivity contribution < 1.29 is 14.2 Å². The molecule has 3 rings (SSSR count). The normalized spacial score (nSPS) is 20.1. The lowest BCUT2D eigenvalue weighted by Crippen LogP contribution is -2.40. The van der Waals surface area contributed by atoms with Crippen LogP contribution in [0.1, 0.15) is 18.9 Å². The molecular weight excluding hydrogens is 495 g/mol. The number of methoxy groups -OCH3 is 1. The zero-order valence-electron chi connectivity index (χ0n) is 18.3. The fraction of sp³-hybridized carbons (Fsp3) is 0.682. The van der Waals surface area contributed by atoms with Crippen molar-refractivity contribution in [3.8, 4) is 5.75 Å². The number of hydrogen-bond donors (Lipinski definition) is 1. The first-order valence-corrected chi connectivity index (χ1v) is 10.8. The molecule has 170 valence electrons. The number of nitrogens with zero attached hydrogens (tertiary/aromatic N) is 3. The molecule has 0 radical (unpaired) electrons. The van der Waals surface area contributed by atoms with Crippen molar-refractivity contribution in [2.75, 3.05) is 72.8 Å². The summed E-state index contributed by atoms with van der Waals surface area (Å²) >= 11 is 0. The van der Waals surface area contributed by atoms with Gasteiger partial charge in [-0.15, -0.1) is 24.0 Å². The Balaban J connectivity index is 0.00000320. The van der Waals surface area contributed by atoms with Crippen LogP contribution < -0.4 is 10.1 Å². The van der Waals surface area contributed by atoms with Gasteiger partial charge in [0.1, 0.15) is 12.4 Å². The van der Waals surface area contributed by atoms with Crippen LogP contribution >= 0.6 is 24.0 Å². The van der Waals surface area contributed by atoms with E-state index in [0.717, 1.165) is 82.8 Å². The van der Waals surface area contributed by atoms with E-state index in [2.05, 4.69) is 34.2 Å². The Morgan fingerprint density at radius 2 is 2.03 bits per heavy atom. The molecule has 2 saturated heterocycles. The first kappa shape index (κ1) is 25.2. The number of rotatable bonds is 9. The Hall–Kier alpha value is -1.10. The molecule has 8 heteroatoms. The maximum absolute atomic E-state index is 6.10. The molecule has 0 amide bonds. The highest BCUT2D eigenvalue weighted by Crippen LogP contribution is 2.20. The number of morpholine rings is 1. The van der Waals surface area contributed by atoms with Gasteiger partial charge in [0.15, 0.2) is 5.96 Å². The highest BCUT2D eigenvalue weighted by Gasteiger charge is 2.24. The van der Waals surface area contributed by atoms with Crippen molar-refractivity contribution >= 4 is 29.9 Å². The van der Waals surface area contributed by atoms with Gasteiger partial charge in [-0.05, 0) is 19.4 Å². The fourth-order valence-electron chi connectivity index (χ4n) is 3.87. The minimum atomic E-state index is 0. The maximum atomic E-state index is 6.10. The van der Waals surface area contributed by atoms with Crippen LogP contribution in [0.5, 0.6) is 5.75 Å². The van der Waals surface area contributed by atoms with Gasteiger partial charge in [-0.1, -0.05) is 18.2 Å². The largest absolute Gasteiger partial charge is 0.492 e. The van der Waals surface area contributed by atoms with Gasteiger partial charge in [-0.25, -0.2) is 4.99 Å². The van der Waals surface area contributed by atoms with Gasteiger partial charge in [0.2, 0.25) is 0 Å². The van der Waals surface area contributed by atoms with E-state index < -0.39 is 0 Å². The molecule has 0 aliphatic carbocycles. The van der Waals surface area contributed by atoms with E-state index >= 15 is 0 Å². The summed E-state index contributed by atoms with van der Waals surface area (Å²) in [6.45, 7) is 11.7. The predicted molar refractivity (Wildman–Crippen MR) is 131 cm³/mol. The lowest BCUT2D eigenvalue weighted by molar-refractivity contribution is 0.0322. The van der Waals surface area contributed by atoms with E-state index in [0.29, 0.717) is 19.1 Å². The van der Waals surface area contributed by atoms with E-state index in [9.17, 15) is 0 Å². The molecule has 2 aliphatic rings. The second-order valence-corrected chi connectivity index (χ2v) is 7.64. The van der Waals surface area contributed by atoms with Crippen molar-refractivity contribution in [3.05, 3.63) is 29.8 Å². The molecule has 1 aromatic carbocycles. The van der Waals surface area contributed by atoms with Crippen LogP contribution in [0.2, 0.25) is 0 Å². The van der Waals surface area contributed by atoms with Gasteiger partial charge in [-0.2, -0.15) is 0 Å². The molecule has 2 fully saturated rings. The Labute approximate surface area is 198 Å². The second kappa shape index (κ2) is 14.1. The summed E-state index contributed by atoms with van der Waals surface area (Å²) in [6.07, 6.45) is 1.15. The van der Waals surface area contributed by atoms with E-state index in [1.807, 2.05) is 12.1 Å². The minimum Gasteiger partial charge on any atom is -0.492 e. The molecule has 30 heavy (non-hydrogen) atoms. The van der Waals surface area contributed by atoms with Crippen molar-refractivity contribution in [2.45, 2.75) is 19.9 Å². The van der Waals surface area contributed by atoms with Gasteiger partial charge in [0, 0.05) is 57.9 Å². The molecule has 0 bridgehead atoms. The topological polar surface area (TPSA) is 58.6 Å². The van der Waals surface area contributed by atoms with Gasteiger partial charge in [0.25, 0.3) is 0 Å². The van der Waals surface area contributed by atoms with E-state index in [1.54, 1.807) is 7.11 Å². The zero-order chi connectivity index (χ0) is 20.3. The van der Waals surface area contributed by atoms with Crippen LogP contribution in [0.15, 0.2) is 29.3 Å². The maximum Gasteiger partial charge on any atom is 0.194 e. The summed E-state index contributed by atoms with van der Waals surface area (Å²) in [5, 5.41) is 3.44. The highest BCUT2D eigenvalue weighted by atomic mass is 127. The van der Waals surface area contributed by atoms with Crippen LogP contribution in [0.4, 0.5) is 0 Å². The minimum absolute atomic E-state index is 0. The monoisotopic (exact) mass is 532 g/mol. The SMILES string of the molecule is CCNC(=NCc1ccccc1OCCN1CCOCC1)N1CCC(COC)C1.I. The number of likely N-dealkylation sites (tertiary alicyclic amines) is 1. The van der Waals surface area contributed by atoms with Crippen LogP contribution in [0.25, 0.3) is 0 Å². The molecule has 2 aliphatic heterocycles. The Bertz CT molecular complexity index is 641. The van der Waals surface area contributed by atoms with Gasteiger partial charge >= 0.3 is 0 Å². The standard InChI is InChI=1S/C22H36N4O3.HI/c1-3-23-22(26-9-8-19(17-26)18-27-2)24-16-20-6-4-5-7-21(20)29-15-12-25-10-13-28-14-11-25;/h4-7,19H,3,8-18H2,1-2H3,(H,23,24);1H. The number of nitrogens with one attached hydrogen (secondary N) is 1. The van der Waals surface area contributed by atoms with Crippen LogP contribution in [-0.2, 0) is 16.0 Å². The summed E-state index contributed by atoms with van der Waals surface area (Å²) in [5.41, 5.74) is 1.12. The molecule has 0 aromatic heterocycles. The van der Waals surface area contributed by atoms with Crippen LogP contribution in [0.3, 0.4) is 0 Å². The molecule has 0 spiro atoms. The average Bonchev–Trinajstić information content (AvgIpc) is 3.21. The van der Waals surface area contributed by atoms with Crippen molar-refractivity contribution in [1.82, 2.24) is 15.1 Å². The van der Waals surface area contributed by atoms with Crippen molar-refractivity contribution in [2.24, 2.45) is 10.9 Å². The van der Waals surface area contributed by atoms with Crippen molar-refractivity contribution in [1.29, 1.82) is 0 Å². The van der Waals surface area contributed by atoms with Crippen LogP contribution in [-0.4, -0.2) is 88.6 Å². The molecule has 1 atom stereocenters. The third-order valence-corrected chi connectivity index (χ3v) is 5.46. The number of halogens is 1. The number of hydrogen-bond acceptors (Lipinski definition) is 5. The Kier molecular flexibility index (Phi) is 11.8. The zero-order valence-corrected chi connectivity index (χ0v) is 20.7. The predicted octanol–water partition coefficient (Wildman–Crippen LogP) is 2.45. The Morgan fingerprint density at radius 1 is 1.23 bits per heavy atom. The lowest BCUT2D eigenvalue weighted by Gasteiger charge is -2.26. The Morgan fingerprint density at radius 3 is 2.80 bits per heavy atom. The molecule has 0 saturated carbocycles. The molecular formula is C22H37IN4O3.